The molecule has 3 N–H and O–H groups in total. The van der Waals surface area contributed by atoms with E-state index in [9.17, 15) is 13.2 Å². The van der Waals surface area contributed by atoms with Crippen LogP contribution < -0.4 is 15.4 Å². The lowest BCUT2D eigenvalue weighted by molar-refractivity contribution is -0.114. The Labute approximate surface area is 146 Å². The highest BCUT2D eigenvalue weighted by atomic mass is 32.2. The second-order valence-electron chi connectivity index (χ2n) is 5.52. The maximum Gasteiger partial charge on any atom is 0.261 e. The molecule has 130 valence electrons. The first-order valence-corrected chi connectivity index (χ1v) is 9.22. The van der Waals surface area contributed by atoms with Crippen LogP contribution in [0.1, 0.15) is 12.5 Å². The first-order chi connectivity index (χ1) is 12.0. The van der Waals surface area contributed by atoms with E-state index in [0.717, 1.165) is 6.54 Å². The molecule has 0 aliphatic carbocycles. The molecule has 0 bridgehead atoms. The maximum atomic E-state index is 12.7. The molecule has 2 aromatic carbocycles. The minimum absolute atomic E-state index is 0.0647. The second kappa shape index (κ2) is 6.94. The van der Waals surface area contributed by atoms with Gasteiger partial charge in [0.2, 0.25) is 5.91 Å². The molecule has 1 aliphatic rings. The fraction of sp³-hybridized carbons (Fsp3) is 0.176. The lowest BCUT2D eigenvalue weighted by atomic mass is 10.1. The zero-order chi connectivity index (χ0) is 17.9. The molecule has 25 heavy (non-hydrogen) atoms. The number of amidine groups is 1. The van der Waals surface area contributed by atoms with E-state index >= 15 is 0 Å². The summed E-state index contributed by atoms with van der Waals surface area (Å²) in [6.07, 6.45) is 0. The third kappa shape index (κ3) is 3.97. The lowest BCUT2D eigenvalue weighted by Crippen LogP contribution is -2.22. The molecule has 3 rings (SSSR count). The Bertz CT molecular complexity index is 938. The number of nitrogens with zero attached hydrogens (tertiary/aromatic N) is 1. The van der Waals surface area contributed by atoms with Crippen molar-refractivity contribution >= 4 is 33.1 Å². The summed E-state index contributed by atoms with van der Waals surface area (Å²) >= 11 is 0. The van der Waals surface area contributed by atoms with Crippen LogP contribution in [0.5, 0.6) is 0 Å². The van der Waals surface area contributed by atoms with Gasteiger partial charge < -0.3 is 10.6 Å². The van der Waals surface area contributed by atoms with Gasteiger partial charge in [0.1, 0.15) is 5.84 Å². The molecular weight excluding hydrogens is 340 g/mol. The summed E-state index contributed by atoms with van der Waals surface area (Å²) in [6, 6.07) is 13.2. The molecule has 1 amide bonds. The number of aliphatic imine (C=N–C) groups is 1. The van der Waals surface area contributed by atoms with Crippen molar-refractivity contribution in [2.24, 2.45) is 4.99 Å². The normalized spacial score (nSPS) is 13.7. The molecule has 0 saturated carbocycles. The Kier molecular flexibility index (Phi) is 4.71. The summed E-state index contributed by atoms with van der Waals surface area (Å²) in [7, 11) is -3.81. The van der Waals surface area contributed by atoms with Crippen LogP contribution in [0.25, 0.3) is 0 Å². The van der Waals surface area contributed by atoms with Crippen LogP contribution in [-0.2, 0) is 14.8 Å². The second-order valence-corrected chi connectivity index (χ2v) is 7.20. The van der Waals surface area contributed by atoms with Crippen molar-refractivity contribution in [3.8, 4) is 0 Å². The van der Waals surface area contributed by atoms with Crippen molar-refractivity contribution in [1.29, 1.82) is 0 Å². The summed E-state index contributed by atoms with van der Waals surface area (Å²) in [5.41, 5.74) is 1.56. The predicted molar refractivity (Wildman–Crippen MR) is 97.4 cm³/mol. The van der Waals surface area contributed by atoms with E-state index in [4.69, 9.17) is 0 Å². The van der Waals surface area contributed by atoms with Crippen LogP contribution in [-0.4, -0.2) is 33.3 Å². The quantitative estimate of drug-likeness (QED) is 0.759. The number of carbonyl (C=O) groups is 1. The number of rotatable bonds is 5. The smallest absolute Gasteiger partial charge is 0.261 e. The van der Waals surface area contributed by atoms with E-state index in [0.29, 0.717) is 29.3 Å². The van der Waals surface area contributed by atoms with Crippen LogP contribution in [0, 0.1) is 0 Å². The molecule has 0 aromatic heterocycles. The molecule has 1 heterocycles. The van der Waals surface area contributed by atoms with Gasteiger partial charge in [-0.1, -0.05) is 18.2 Å². The van der Waals surface area contributed by atoms with E-state index < -0.39 is 10.0 Å². The Morgan fingerprint density at radius 2 is 1.96 bits per heavy atom. The Balaban J connectivity index is 1.91. The Morgan fingerprint density at radius 1 is 1.16 bits per heavy atom. The van der Waals surface area contributed by atoms with E-state index in [1.165, 1.54) is 19.1 Å². The van der Waals surface area contributed by atoms with Gasteiger partial charge in [0.15, 0.2) is 0 Å². The molecular formula is C17H18N4O3S. The number of hydrogen-bond acceptors (Lipinski definition) is 5. The molecule has 0 atom stereocenters. The van der Waals surface area contributed by atoms with Gasteiger partial charge in [-0.3, -0.25) is 14.5 Å². The molecule has 8 heteroatoms. The fourth-order valence-corrected chi connectivity index (χ4v) is 3.63. The minimum Gasteiger partial charge on any atom is -0.368 e. The van der Waals surface area contributed by atoms with Crippen LogP contribution >= 0.6 is 0 Å². The van der Waals surface area contributed by atoms with Crippen LogP contribution in [0.15, 0.2) is 58.4 Å². The summed E-state index contributed by atoms with van der Waals surface area (Å²) in [6.45, 7) is 2.76. The van der Waals surface area contributed by atoms with Gasteiger partial charge in [0, 0.05) is 24.7 Å². The van der Waals surface area contributed by atoms with E-state index in [1.54, 1.807) is 24.3 Å². The molecule has 1 aliphatic heterocycles. The third-order valence-corrected chi connectivity index (χ3v) is 4.93. The van der Waals surface area contributed by atoms with Crippen molar-refractivity contribution in [3.05, 3.63) is 54.1 Å². The number of para-hydroxylation sites is 1. The number of sulfonamides is 1. The number of nitrogens with one attached hydrogen (secondary N) is 3. The lowest BCUT2D eigenvalue weighted by Gasteiger charge is -2.13. The average molecular weight is 358 g/mol. The number of anilines is 2. The van der Waals surface area contributed by atoms with Crippen molar-refractivity contribution < 1.29 is 13.2 Å². The topological polar surface area (TPSA) is 99.7 Å². The van der Waals surface area contributed by atoms with Gasteiger partial charge >= 0.3 is 0 Å². The summed E-state index contributed by atoms with van der Waals surface area (Å²) in [5, 5.41) is 5.71. The van der Waals surface area contributed by atoms with E-state index in [-0.39, 0.29) is 10.8 Å². The molecule has 0 spiro atoms. The Morgan fingerprint density at radius 3 is 2.68 bits per heavy atom. The molecule has 0 fully saturated rings. The highest BCUT2D eigenvalue weighted by molar-refractivity contribution is 7.92. The standard InChI is InChI=1S/C17H18N4O3S/c1-12(22)20-13-5-4-6-14(11-13)25(23,24)21-16-8-3-2-7-15(16)17-18-9-10-19-17/h2-8,11,21H,9-10H2,1H3,(H,18,19)(H,20,22). The molecule has 0 unspecified atom stereocenters. The van der Waals surface area contributed by atoms with Crippen molar-refractivity contribution in [2.45, 2.75) is 11.8 Å². The maximum absolute atomic E-state index is 12.7. The van der Waals surface area contributed by atoms with Gasteiger partial charge in [-0.05, 0) is 30.3 Å². The zero-order valence-electron chi connectivity index (χ0n) is 13.6. The highest BCUT2D eigenvalue weighted by Gasteiger charge is 2.19. The van der Waals surface area contributed by atoms with Crippen molar-refractivity contribution in [2.75, 3.05) is 23.1 Å². The number of amides is 1. The van der Waals surface area contributed by atoms with Gasteiger partial charge in [0.25, 0.3) is 10.0 Å². The van der Waals surface area contributed by atoms with Crippen molar-refractivity contribution in [1.82, 2.24) is 5.32 Å². The van der Waals surface area contributed by atoms with E-state index in [1.807, 2.05) is 12.1 Å². The molecule has 0 radical (unpaired) electrons. The van der Waals surface area contributed by atoms with Crippen LogP contribution in [0.2, 0.25) is 0 Å². The van der Waals surface area contributed by atoms with Crippen LogP contribution in [0.4, 0.5) is 11.4 Å². The summed E-state index contributed by atoms with van der Waals surface area (Å²) < 4.78 is 28.0. The number of carbonyl (C=O) groups excluding carboxylic acids is 1. The first kappa shape index (κ1) is 17.0. The first-order valence-electron chi connectivity index (χ1n) is 7.74. The van der Waals surface area contributed by atoms with Crippen LogP contribution in [0.3, 0.4) is 0 Å². The summed E-state index contributed by atoms with van der Waals surface area (Å²) in [5.74, 6) is 0.406. The zero-order valence-corrected chi connectivity index (χ0v) is 14.4. The predicted octanol–water partition coefficient (Wildman–Crippen LogP) is 1.80. The summed E-state index contributed by atoms with van der Waals surface area (Å²) in [4.78, 5) is 15.6. The fourth-order valence-electron chi connectivity index (χ4n) is 2.50. The number of hydrogen-bond donors (Lipinski definition) is 3. The molecule has 7 nitrogen and oxygen atoms in total. The monoisotopic (exact) mass is 358 g/mol. The number of benzene rings is 2. The highest BCUT2D eigenvalue weighted by Crippen LogP contribution is 2.22. The molecule has 2 aromatic rings. The molecule has 0 saturated heterocycles. The van der Waals surface area contributed by atoms with Gasteiger partial charge in [-0.2, -0.15) is 0 Å². The van der Waals surface area contributed by atoms with Gasteiger partial charge in [0.05, 0.1) is 17.1 Å². The van der Waals surface area contributed by atoms with E-state index in [2.05, 4.69) is 20.3 Å². The third-order valence-electron chi connectivity index (χ3n) is 3.57. The van der Waals surface area contributed by atoms with Gasteiger partial charge in [-0.15, -0.1) is 0 Å². The van der Waals surface area contributed by atoms with Gasteiger partial charge in [-0.25, -0.2) is 8.42 Å². The largest absolute Gasteiger partial charge is 0.368 e. The SMILES string of the molecule is CC(=O)Nc1cccc(S(=O)(=O)Nc2ccccc2C2=NCCN2)c1. The van der Waals surface area contributed by atoms with Crippen molar-refractivity contribution in [3.63, 3.8) is 0 Å². The Hall–Kier alpha value is -2.87. The average Bonchev–Trinajstić information content (AvgIpc) is 3.09. The minimum atomic E-state index is -3.81.